The van der Waals surface area contributed by atoms with Crippen LogP contribution in [0.25, 0.3) is 22.1 Å². The summed E-state index contributed by atoms with van der Waals surface area (Å²) in [7, 11) is 0. The number of hydrogen-bond donors (Lipinski definition) is 2. The second kappa shape index (κ2) is 5.09. The molecule has 5 nitrogen and oxygen atoms in total. The first kappa shape index (κ1) is 12.9. The first-order valence-electron chi connectivity index (χ1n) is 6.76. The molecule has 0 saturated heterocycles. The molecule has 104 valence electrons. The number of anilines is 1. The number of nitrogens with one attached hydrogen (secondary N) is 1. The number of benzene rings is 1. The highest BCUT2D eigenvalue weighted by molar-refractivity contribution is 6.05. The molecule has 1 unspecified atom stereocenters. The number of aliphatic hydroxyl groups is 1. The van der Waals surface area contributed by atoms with Gasteiger partial charge in [0.05, 0.1) is 12.6 Å². The summed E-state index contributed by atoms with van der Waals surface area (Å²) in [6.45, 7) is 3.92. The fourth-order valence-electron chi connectivity index (χ4n) is 2.27. The van der Waals surface area contributed by atoms with Gasteiger partial charge in [-0.25, -0.2) is 9.97 Å². The summed E-state index contributed by atoms with van der Waals surface area (Å²) in [5.74, 6) is 1.32. The van der Waals surface area contributed by atoms with Gasteiger partial charge in [-0.15, -0.1) is 0 Å². The maximum absolute atomic E-state index is 9.33. The van der Waals surface area contributed by atoms with Crippen molar-refractivity contribution in [1.29, 1.82) is 0 Å². The maximum atomic E-state index is 9.33. The van der Waals surface area contributed by atoms with Gasteiger partial charge < -0.3 is 14.8 Å². The van der Waals surface area contributed by atoms with E-state index in [4.69, 9.17) is 4.42 Å². The first-order valence-corrected chi connectivity index (χ1v) is 6.76. The third-order valence-electron chi connectivity index (χ3n) is 3.39. The van der Waals surface area contributed by atoms with Crippen LogP contribution in [0.15, 0.2) is 28.7 Å². The van der Waals surface area contributed by atoms with Crippen molar-refractivity contribution in [3.8, 4) is 0 Å². The van der Waals surface area contributed by atoms with E-state index in [0.717, 1.165) is 22.9 Å². The summed E-state index contributed by atoms with van der Waals surface area (Å²) in [5.41, 5.74) is 2.24. The monoisotopic (exact) mass is 271 g/mol. The Balaban J connectivity index is 2.20. The van der Waals surface area contributed by atoms with Crippen LogP contribution in [-0.4, -0.2) is 27.7 Å². The Morgan fingerprint density at radius 2 is 2.10 bits per heavy atom. The van der Waals surface area contributed by atoms with Gasteiger partial charge in [0.1, 0.15) is 16.9 Å². The molecule has 5 heteroatoms. The Hall–Kier alpha value is -2.14. The average molecular weight is 271 g/mol. The van der Waals surface area contributed by atoms with E-state index in [1.54, 1.807) is 0 Å². The fourth-order valence-corrected chi connectivity index (χ4v) is 2.27. The summed E-state index contributed by atoms with van der Waals surface area (Å²) >= 11 is 0. The van der Waals surface area contributed by atoms with Gasteiger partial charge >= 0.3 is 0 Å². The predicted octanol–water partition coefficient (Wildman–Crippen LogP) is 2.87. The Kier molecular flexibility index (Phi) is 3.28. The number of para-hydroxylation sites is 1. The lowest BCUT2D eigenvalue weighted by molar-refractivity contribution is 0.271. The topological polar surface area (TPSA) is 71.2 Å². The third kappa shape index (κ3) is 2.10. The van der Waals surface area contributed by atoms with Crippen molar-refractivity contribution in [2.75, 3.05) is 11.9 Å². The lowest BCUT2D eigenvalue weighted by atomic mass is 10.2. The molecule has 0 bridgehead atoms. The number of furan rings is 1. The summed E-state index contributed by atoms with van der Waals surface area (Å²) in [5, 5.41) is 13.5. The SMILES string of the molecule is CCC(CO)Nc1nc(C)nc2c1oc1ccccc12. The molecule has 2 heterocycles. The van der Waals surface area contributed by atoms with Crippen LogP contribution in [-0.2, 0) is 0 Å². The zero-order chi connectivity index (χ0) is 14.1. The Bertz CT molecular complexity index is 747. The molecule has 20 heavy (non-hydrogen) atoms. The number of aryl methyl sites for hydroxylation is 1. The van der Waals surface area contributed by atoms with E-state index in [0.29, 0.717) is 17.2 Å². The number of aromatic nitrogens is 2. The molecule has 2 aromatic heterocycles. The molecule has 0 amide bonds. The van der Waals surface area contributed by atoms with Crippen LogP contribution in [0.2, 0.25) is 0 Å². The van der Waals surface area contributed by atoms with E-state index in [9.17, 15) is 5.11 Å². The van der Waals surface area contributed by atoms with E-state index in [2.05, 4.69) is 15.3 Å². The smallest absolute Gasteiger partial charge is 0.196 e. The highest BCUT2D eigenvalue weighted by Gasteiger charge is 2.16. The number of hydrogen-bond acceptors (Lipinski definition) is 5. The van der Waals surface area contributed by atoms with Gasteiger partial charge in [-0.3, -0.25) is 0 Å². The molecule has 0 aliphatic heterocycles. The Labute approximate surface area is 116 Å². The zero-order valence-electron chi connectivity index (χ0n) is 11.6. The highest BCUT2D eigenvalue weighted by Crippen LogP contribution is 2.31. The lowest BCUT2D eigenvalue weighted by Gasteiger charge is -2.14. The van der Waals surface area contributed by atoms with Gasteiger partial charge in [-0.1, -0.05) is 19.1 Å². The number of rotatable bonds is 4. The highest BCUT2D eigenvalue weighted by atomic mass is 16.3. The standard InChI is InChI=1S/C15H17N3O2/c1-3-10(8-19)18-15-14-13(16-9(2)17-15)11-6-4-5-7-12(11)20-14/h4-7,10,19H,3,8H2,1-2H3,(H,16,17,18). The van der Waals surface area contributed by atoms with Crippen molar-refractivity contribution in [2.45, 2.75) is 26.3 Å². The van der Waals surface area contributed by atoms with Gasteiger partial charge in [-0.05, 0) is 25.5 Å². The van der Waals surface area contributed by atoms with Crippen LogP contribution >= 0.6 is 0 Å². The van der Waals surface area contributed by atoms with Crippen molar-refractivity contribution in [3.63, 3.8) is 0 Å². The van der Waals surface area contributed by atoms with E-state index < -0.39 is 0 Å². The van der Waals surface area contributed by atoms with Gasteiger partial charge in [-0.2, -0.15) is 0 Å². The van der Waals surface area contributed by atoms with E-state index >= 15 is 0 Å². The van der Waals surface area contributed by atoms with Crippen LogP contribution in [0.1, 0.15) is 19.2 Å². The van der Waals surface area contributed by atoms with Crippen molar-refractivity contribution in [2.24, 2.45) is 0 Å². The molecule has 0 fully saturated rings. The molecule has 0 saturated carbocycles. The maximum Gasteiger partial charge on any atom is 0.196 e. The molecule has 3 aromatic rings. The minimum absolute atomic E-state index is 0.0410. The van der Waals surface area contributed by atoms with Gasteiger partial charge in [0, 0.05) is 5.39 Å². The zero-order valence-corrected chi connectivity index (χ0v) is 11.6. The van der Waals surface area contributed by atoms with Crippen LogP contribution in [0, 0.1) is 6.92 Å². The molecule has 1 atom stereocenters. The van der Waals surface area contributed by atoms with Crippen LogP contribution < -0.4 is 5.32 Å². The van der Waals surface area contributed by atoms with Crippen molar-refractivity contribution < 1.29 is 9.52 Å². The van der Waals surface area contributed by atoms with Gasteiger partial charge in [0.15, 0.2) is 11.4 Å². The van der Waals surface area contributed by atoms with E-state index in [-0.39, 0.29) is 12.6 Å². The average Bonchev–Trinajstić information content (AvgIpc) is 2.83. The van der Waals surface area contributed by atoms with Crippen molar-refractivity contribution in [3.05, 3.63) is 30.1 Å². The van der Waals surface area contributed by atoms with Crippen molar-refractivity contribution in [1.82, 2.24) is 9.97 Å². The van der Waals surface area contributed by atoms with Gasteiger partial charge in [0.25, 0.3) is 0 Å². The first-order chi connectivity index (χ1) is 9.72. The Morgan fingerprint density at radius 1 is 1.30 bits per heavy atom. The molecule has 0 radical (unpaired) electrons. The predicted molar refractivity (Wildman–Crippen MR) is 78.8 cm³/mol. The molecule has 0 aliphatic carbocycles. The number of nitrogens with zero attached hydrogens (tertiary/aromatic N) is 2. The second-order valence-electron chi connectivity index (χ2n) is 4.83. The Morgan fingerprint density at radius 3 is 2.85 bits per heavy atom. The van der Waals surface area contributed by atoms with Crippen LogP contribution in [0.3, 0.4) is 0 Å². The molecule has 0 spiro atoms. The van der Waals surface area contributed by atoms with E-state index in [1.807, 2.05) is 38.1 Å². The summed E-state index contributed by atoms with van der Waals surface area (Å²) in [6, 6.07) is 7.76. The van der Waals surface area contributed by atoms with Crippen LogP contribution in [0.4, 0.5) is 5.82 Å². The fraction of sp³-hybridized carbons (Fsp3) is 0.333. The lowest BCUT2D eigenvalue weighted by Crippen LogP contribution is -2.23. The molecular formula is C15H17N3O2. The molecule has 2 N–H and O–H groups in total. The third-order valence-corrected chi connectivity index (χ3v) is 3.39. The quantitative estimate of drug-likeness (QED) is 0.763. The normalized spacial score (nSPS) is 12.9. The summed E-state index contributed by atoms with van der Waals surface area (Å²) in [6.07, 6.45) is 0.807. The molecule has 0 aliphatic rings. The summed E-state index contributed by atoms with van der Waals surface area (Å²) in [4.78, 5) is 8.88. The van der Waals surface area contributed by atoms with Crippen LogP contribution in [0.5, 0.6) is 0 Å². The minimum Gasteiger partial charge on any atom is -0.450 e. The van der Waals surface area contributed by atoms with Crippen molar-refractivity contribution >= 4 is 27.9 Å². The molecular weight excluding hydrogens is 254 g/mol. The summed E-state index contributed by atoms with van der Waals surface area (Å²) < 4.78 is 5.86. The molecule has 3 rings (SSSR count). The second-order valence-corrected chi connectivity index (χ2v) is 4.83. The number of aliphatic hydroxyl groups excluding tert-OH is 1. The minimum atomic E-state index is -0.0410. The molecule has 1 aromatic carbocycles. The van der Waals surface area contributed by atoms with E-state index in [1.165, 1.54) is 0 Å². The largest absolute Gasteiger partial charge is 0.450 e. The van der Waals surface area contributed by atoms with Gasteiger partial charge in [0.2, 0.25) is 0 Å². The number of fused-ring (bicyclic) bond motifs is 3.